The van der Waals surface area contributed by atoms with Crippen molar-refractivity contribution in [1.82, 2.24) is 10.2 Å². The van der Waals surface area contributed by atoms with Crippen molar-refractivity contribution in [3.05, 3.63) is 35.9 Å². The molecule has 0 aromatic heterocycles. The van der Waals surface area contributed by atoms with Crippen LogP contribution in [0.5, 0.6) is 0 Å². The van der Waals surface area contributed by atoms with Gasteiger partial charge in [-0.25, -0.2) is 0 Å². The fourth-order valence-electron chi connectivity index (χ4n) is 2.76. The lowest BCUT2D eigenvalue weighted by molar-refractivity contribution is -0.134. The Morgan fingerprint density at radius 2 is 1.95 bits per heavy atom. The molecular formula is C17H24N2O2. The van der Waals surface area contributed by atoms with Crippen molar-refractivity contribution in [3.63, 3.8) is 0 Å². The van der Waals surface area contributed by atoms with Crippen LogP contribution in [-0.2, 0) is 16.0 Å². The Hall–Kier alpha value is -1.84. The minimum atomic E-state index is -0.443. The van der Waals surface area contributed by atoms with Crippen molar-refractivity contribution in [2.75, 3.05) is 6.54 Å². The normalized spacial score (nSPS) is 22.9. The number of hydrogen-bond acceptors (Lipinski definition) is 2. The first-order valence-corrected chi connectivity index (χ1v) is 7.75. The van der Waals surface area contributed by atoms with Gasteiger partial charge < -0.3 is 10.2 Å². The molecule has 4 heteroatoms. The zero-order chi connectivity index (χ0) is 15.2. The van der Waals surface area contributed by atoms with Gasteiger partial charge >= 0.3 is 0 Å². The van der Waals surface area contributed by atoms with Crippen LogP contribution in [0.2, 0.25) is 0 Å². The summed E-state index contributed by atoms with van der Waals surface area (Å²) in [5, 5.41) is 2.88. The highest BCUT2D eigenvalue weighted by atomic mass is 16.2. The molecule has 1 aromatic rings. The van der Waals surface area contributed by atoms with Crippen molar-refractivity contribution < 1.29 is 9.59 Å². The van der Waals surface area contributed by atoms with Crippen molar-refractivity contribution in [2.24, 2.45) is 0 Å². The number of carbonyl (C=O) groups is 2. The lowest BCUT2D eigenvalue weighted by atomic mass is 10.0. The highest BCUT2D eigenvalue weighted by molar-refractivity contribution is 5.90. The van der Waals surface area contributed by atoms with Gasteiger partial charge in [0.05, 0.1) is 0 Å². The fraction of sp³-hybridized carbons (Fsp3) is 0.529. The summed E-state index contributed by atoms with van der Waals surface area (Å²) in [7, 11) is 0. The maximum atomic E-state index is 12.7. The van der Waals surface area contributed by atoms with E-state index in [9.17, 15) is 9.59 Å². The van der Waals surface area contributed by atoms with E-state index in [1.54, 1.807) is 0 Å². The van der Waals surface area contributed by atoms with Crippen molar-refractivity contribution in [2.45, 2.75) is 51.6 Å². The van der Waals surface area contributed by atoms with E-state index in [-0.39, 0.29) is 17.9 Å². The molecule has 1 aliphatic rings. The first-order valence-electron chi connectivity index (χ1n) is 7.75. The molecule has 1 saturated heterocycles. The van der Waals surface area contributed by atoms with Crippen LogP contribution in [0.25, 0.3) is 0 Å². The predicted molar refractivity (Wildman–Crippen MR) is 82.8 cm³/mol. The van der Waals surface area contributed by atoms with Gasteiger partial charge in [0.2, 0.25) is 11.8 Å². The van der Waals surface area contributed by atoms with E-state index in [2.05, 4.69) is 12.2 Å². The molecule has 2 rings (SSSR count). The summed E-state index contributed by atoms with van der Waals surface area (Å²) in [6.45, 7) is 4.80. The molecule has 0 saturated carbocycles. The third-order valence-corrected chi connectivity index (χ3v) is 3.96. The Bertz CT molecular complexity index is 487. The van der Waals surface area contributed by atoms with Gasteiger partial charge in [-0.05, 0) is 18.9 Å². The van der Waals surface area contributed by atoms with E-state index in [1.807, 2.05) is 42.2 Å². The molecule has 0 radical (unpaired) electrons. The maximum absolute atomic E-state index is 12.7. The summed E-state index contributed by atoms with van der Waals surface area (Å²) in [5.74, 6) is 0.0152. The quantitative estimate of drug-likeness (QED) is 0.902. The number of unbranched alkanes of at least 4 members (excludes halogenated alkanes) is 1. The van der Waals surface area contributed by atoms with Gasteiger partial charge in [-0.1, -0.05) is 43.7 Å². The summed E-state index contributed by atoms with van der Waals surface area (Å²) in [5.41, 5.74) is 1.07. The highest BCUT2D eigenvalue weighted by Crippen LogP contribution is 2.15. The van der Waals surface area contributed by atoms with Gasteiger partial charge in [0.25, 0.3) is 0 Å². The second kappa shape index (κ2) is 7.25. The zero-order valence-electron chi connectivity index (χ0n) is 12.8. The topological polar surface area (TPSA) is 49.4 Å². The average Bonchev–Trinajstić information content (AvgIpc) is 2.56. The van der Waals surface area contributed by atoms with Crippen LogP contribution in [0.3, 0.4) is 0 Å². The molecule has 0 bridgehead atoms. The molecule has 2 amide bonds. The molecule has 2 atom stereocenters. The lowest BCUT2D eigenvalue weighted by Gasteiger charge is -2.28. The molecule has 21 heavy (non-hydrogen) atoms. The number of benzene rings is 1. The fourth-order valence-corrected chi connectivity index (χ4v) is 2.76. The van der Waals surface area contributed by atoms with Gasteiger partial charge in [-0.15, -0.1) is 0 Å². The SMILES string of the molecule is CCCCN1C(=O)C(Cc2ccccc2)NC(=O)CC1C. The third kappa shape index (κ3) is 4.06. The van der Waals surface area contributed by atoms with E-state index in [0.29, 0.717) is 12.8 Å². The van der Waals surface area contributed by atoms with Crippen LogP contribution in [-0.4, -0.2) is 35.3 Å². The highest BCUT2D eigenvalue weighted by Gasteiger charge is 2.33. The van der Waals surface area contributed by atoms with E-state index < -0.39 is 6.04 Å². The van der Waals surface area contributed by atoms with Gasteiger partial charge in [0, 0.05) is 25.4 Å². The van der Waals surface area contributed by atoms with Crippen LogP contribution < -0.4 is 5.32 Å². The Morgan fingerprint density at radius 1 is 1.24 bits per heavy atom. The number of carbonyl (C=O) groups excluding carboxylic acids is 2. The Labute approximate surface area is 126 Å². The van der Waals surface area contributed by atoms with E-state index in [1.165, 1.54) is 0 Å². The van der Waals surface area contributed by atoms with Gasteiger partial charge in [0.1, 0.15) is 6.04 Å². The Morgan fingerprint density at radius 3 is 2.62 bits per heavy atom. The minimum absolute atomic E-state index is 0.0233. The summed E-state index contributed by atoms with van der Waals surface area (Å²) in [6, 6.07) is 9.37. The largest absolute Gasteiger partial charge is 0.344 e. The molecule has 0 spiro atoms. The number of amides is 2. The van der Waals surface area contributed by atoms with Crippen LogP contribution in [0.15, 0.2) is 30.3 Å². The first-order chi connectivity index (χ1) is 10.1. The molecule has 2 unspecified atom stereocenters. The molecule has 114 valence electrons. The van der Waals surface area contributed by atoms with Crippen LogP contribution in [0.1, 0.15) is 38.7 Å². The van der Waals surface area contributed by atoms with E-state index in [0.717, 1.165) is 24.9 Å². The van der Waals surface area contributed by atoms with Gasteiger partial charge in [-0.3, -0.25) is 9.59 Å². The van der Waals surface area contributed by atoms with Crippen LogP contribution >= 0.6 is 0 Å². The lowest BCUT2D eigenvalue weighted by Crippen LogP contribution is -2.47. The van der Waals surface area contributed by atoms with Gasteiger partial charge in [0.15, 0.2) is 0 Å². The minimum Gasteiger partial charge on any atom is -0.344 e. The number of hydrogen-bond donors (Lipinski definition) is 1. The third-order valence-electron chi connectivity index (χ3n) is 3.96. The molecule has 4 nitrogen and oxygen atoms in total. The number of nitrogens with one attached hydrogen (secondary N) is 1. The molecule has 1 N–H and O–H groups in total. The smallest absolute Gasteiger partial charge is 0.245 e. The van der Waals surface area contributed by atoms with E-state index >= 15 is 0 Å². The van der Waals surface area contributed by atoms with Crippen molar-refractivity contribution >= 4 is 11.8 Å². The molecular weight excluding hydrogens is 264 g/mol. The first kappa shape index (κ1) is 15.5. The standard InChI is InChI=1S/C17H24N2O2/c1-3-4-10-19-13(2)11-16(20)18-15(17(19)21)12-14-8-6-5-7-9-14/h5-9,13,15H,3-4,10-12H2,1-2H3,(H,18,20). The number of rotatable bonds is 5. The summed E-state index contributed by atoms with van der Waals surface area (Å²) < 4.78 is 0. The molecule has 1 aliphatic heterocycles. The maximum Gasteiger partial charge on any atom is 0.245 e. The van der Waals surface area contributed by atoms with E-state index in [4.69, 9.17) is 0 Å². The van der Waals surface area contributed by atoms with Crippen molar-refractivity contribution in [1.29, 1.82) is 0 Å². The summed E-state index contributed by atoms with van der Waals surface area (Å²) in [4.78, 5) is 26.6. The predicted octanol–water partition coefficient (Wildman–Crippen LogP) is 2.13. The summed E-state index contributed by atoms with van der Waals surface area (Å²) in [6.07, 6.45) is 2.96. The van der Waals surface area contributed by atoms with Crippen LogP contribution in [0, 0.1) is 0 Å². The molecule has 1 heterocycles. The molecule has 1 aromatic carbocycles. The Kier molecular flexibility index (Phi) is 5.37. The zero-order valence-corrected chi connectivity index (χ0v) is 12.8. The average molecular weight is 288 g/mol. The monoisotopic (exact) mass is 288 g/mol. The van der Waals surface area contributed by atoms with Gasteiger partial charge in [-0.2, -0.15) is 0 Å². The second-order valence-corrected chi connectivity index (χ2v) is 5.75. The van der Waals surface area contributed by atoms with Crippen LogP contribution in [0.4, 0.5) is 0 Å². The van der Waals surface area contributed by atoms with Crippen molar-refractivity contribution in [3.8, 4) is 0 Å². The number of nitrogens with zero attached hydrogens (tertiary/aromatic N) is 1. The Balaban J connectivity index is 2.14. The summed E-state index contributed by atoms with van der Waals surface area (Å²) >= 11 is 0. The molecule has 0 aliphatic carbocycles. The molecule has 1 fully saturated rings. The second-order valence-electron chi connectivity index (χ2n) is 5.75.